The van der Waals surface area contributed by atoms with Crippen LogP contribution in [0.25, 0.3) is 0 Å². The molecule has 0 aliphatic heterocycles. The summed E-state index contributed by atoms with van der Waals surface area (Å²) in [6.45, 7) is 2.45. The quantitative estimate of drug-likeness (QED) is 0.822. The number of aryl methyl sites for hydroxylation is 1. The van der Waals surface area contributed by atoms with E-state index in [0.29, 0.717) is 11.6 Å². The van der Waals surface area contributed by atoms with Crippen LogP contribution in [-0.2, 0) is 6.54 Å². The molecular weight excluding hydrogens is 340 g/mol. The lowest BCUT2D eigenvalue weighted by Gasteiger charge is -2.09. The summed E-state index contributed by atoms with van der Waals surface area (Å²) in [5.41, 5.74) is 2.86. The Morgan fingerprint density at radius 1 is 1.20 bits per heavy atom. The van der Waals surface area contributed by atoms with E-state index in [1.807, 2.05) is 37.3 Å². The Balaban J connectivity index is 1.89. The van der Waals surface area contributed by atoms with Gasteiger partial charge in [-0.15, -0.1) is 0 Å². The first-order valence-electron chi connectivity index (χ1n) is 6.10. The van der Waals surface area contributed by atoms with E-state index in [1.54, 1.807) is 12.1 Å². The zero-order valence-electron chi connectivity index (χ0n) is 10.9. The van der Waals surface area contributed by atoms with E-state index >= 15 is 0 Å². The molecule has 0 spiro atoms. The molecule has 2 amide bonds. The lowest BCUT2D eigenvalue weighted by atomic mass is 10.2. The first kappa shape index (κ1) is 14.9. The highest BCUT2D eigenvalue weighted by atomic mass is 79.9. The van der Waals surface area contributed by atoms with E-state index in [0.717, 1.165) is 21.3 Å². The number of hydrogen-bond donors (Lipinski definition) is 2. The summed E-state index contributed by atoms with van der Waals surface area (Å²) in [5, 5.41) is 6.26. The molecule has 2 aromatic rings. The predicted molar refractivity (Wildman–Crippen MR) is 86.2 cm³/mol. The van der Waals surface area contributed by atoms with Crippen molar-refractivity contribution in [3.05, 3.63) is 63.1 Å². The van der Waals surface area contributed by atoms with Crippen LogP contribution in [-0.4, -0.2) is 6.03 Å². The molecule has 0 radical (unpaired) electrons. The molecule has 0 fully saturated rings. The number of carbonyl (C=O) groups is 1. The van der Waals surface area contributed by atoms with Crippen LogP contribution in [0.3, 0.4) is 0 Å². The maximum Gasteiger partial charge on any atom is 0.319 e. The number of amides is 2. The second-order valence-electron chi connectivity index (χ2n) is 4.40. The normalized spacial score (nSPS) is 10.2. The molecule has 0 aliphatic rings. The molecule has 0 aliphatic carbocycles. The summed E-state index contributed by atoms with van der Waals surface area (Å²) in [7, 11) is 0. The van der Waals surface area contributed by atoms with Crippen LogP contribution >= 0.6 is 27.5 Å². The second kappa shape index (κ2) is 6.77. The fourth-order valence-corrected chi connectivity index (χ4v) is 2.14. The molecule has 0 unspecified atom stereocenters. The largest absolute Gasteiger partial charge is 0.334 e. The Labute approximate surface area is 131 Å². The number of benzene rings is 2. The molecule has 0 atom stereocenters. The van der Waals surface area contributed by atoms with Crippen LogP contribution in [0.5, 0.6) is 0 Å². The molecule has 0 bridgehead atoms. The van der Waals surface area contributed by atoms with Gasteiger partial charge in [-0.1, -0.05) is 45.7 Å². The van der Waals surface area contributed by atoms with Crippen LogP contribution in [0.2, 0.25) is 5.02 Å². The lowest BCUT2D eigenvalue weighted by molar-refractivity contribution is 0.251. The van der Waals surface area contributed by atoms with Gasteiger partial charge >= 0.3 is 6.03 Å². The Morgan fingerprint density at radius 2 is 1.90 bits per heavy atom. The summed E-state index contributed by atoms with van der Waals surface area (Å²) in [6, 6.07) is 12.8. The van der Waals surface area contributed by atoms with Crippen molar-refractivity contribution in [2.75, 3.05) is 5.32 Å². The van der Waals surface area contributed by atoms with E-state index in [4.69, 9.17) is 11.6 Å². The average molecular weight is 354 g/mol. The van der Waals surface area contributed by atoms with Gasteiger partial charge < -0.3 is 10.6 Å². The molecule has 20 heavy (non-hydrogen) atoms. The Hall–Kier alpha value is -1.52. The third-order valence-electron chi connectivity index (χ3n) is 2.80. The summed E-state index contributed by atoms with van der Waals surface area (Å²) in [6.07, 6.45) is 0. The highest BCUT2D eigenvalue weighted by Gasteiger charge is 2.03. The van der Waals surface area contributed by atoms with Gasteiger partial charge in [0, 0.05) is 21.7 Å². The topological polar surface area (TPSA) is 41.1 Å². The maximum absolute atomic E-state index is 11.8. The van der Waals surface area contributed by atoms with Gasteiger partial charge in [-0.3, -0.25) is 0 Å². The highest BCUT2D eigenvalue weighted by molar-refractivity contribution is 9.10. The summed E-state index contributed by atoms with van der Waals surface area (Å²) >= 11 is 9.24. The third kappa shape index (κ3) is 4.25. The monoisotopic (exact) mass is 352 g/mol. The molecule has 2 rings (SSSR count). The van der Waals surface area contributed by atoms with Crippen LogP contribution in [0.4, 0.5) is 10.5 Å². The van der Waals surface area contributed by atoms with E-state index in [9.17, 15) is 4.79 Å². The standard InChI is InChI=1S/C15H14BrClN2O/c1-10-2-7-13(8-14(10)16)19-15(20)18-9-11-3-5-12(17)6-4-11/h2-8H,9H2,1H3,(H2,18,19,20). The van der Waals surface area contributed by atoms with Crippen LogP contribution in [0.15, 0.2) is 46.9 Å². The summed E-state index contributed by atoms with van der Waals surface area (Å²) < 4.78 is 0.966. The van der Waals surface area contributed by atoms with Gasteiger partial charge in [0.25, 0.3) is 0 Å². The van der Waals surface area contributed by atoms with Gasteiger partial charge in [0.05, 0.1) is 0 Å². The molecule has 104 valence electrons. The van der Waals surface area contributed by atoms with Crippen molar-refractivity contribution < 1.29 is 4.79 Å². The van der Waals surface area contributed by atoms with Crippen LogP contribution in [0, 0.1) is 6.92 Å². The smallest absolute Gasteiger partial charge is 0.319 e. The highest BCUT2D eigenvalue weighted by Crippen LogP contribution is 2.20. The fraction of sp³-hybridized carbons (Fsp3) is 0.133. The first-order chi connectivity index (χ1) is 9.54. The molecule has 0 saturated carbocycles. The van der Waals surface area contributed by atoms with Crippen molar-refractivity contribution in [2.24, 2.45) is 0 Å². The Morgan fingerprint density at radius 3 is 2.55 bits per heavy atom. The minimum atomic E-state index is -0.240. The van der Waals surface area contributed by atoms with Crippen molar-refractivity contribution in [1.82, 2.24) is 5.32 Å². The maximum atomic E-state index is 11.8. The molecule has 0 heterocycles. The molecule has 2 N–H and O–H groups in total. The molecule has 0 saturated heterocycles. The lowest BCUT2D eigenvalue weighted by Crippen LogP contribution is -2.28. The van der Waals surface area contributed by atoms with Crippen molar-refractivity contribution in [2.45, 2.75) is 13.5 Å². The van der Waals surface area contributed by atoms with Crippen molar-refractivity contribution in [3.8, 4) is 0 Å². The van der Waals surface area contributed by atoms with Crippen molar-refractivity contribution >= 4 is 39.2 Å². The van der Waals surface area contributed by atoms with Gasteiger partial charge in [-0.2, -0.15) is 0 Å². The SMILES string of the molecule is Cc1ccc(NC(=O)NCc2ccc(Cl)cc2)cc1Br. The zero-order chi connectivity index (χ0) is 14.5. The second-order valence-corrected chi connectivity index (χ2v) is 5.69. The van der Waals surface area contributed by atoms with E-state index in [1.165, 1.54) is 0 Å². The summed E-state index contributed by atoms with van der Waals surface area (Å²) in [5.74, 6) is 0. The van der Waals surface area contributed by atoms with Crippen molar-refractivity contribution in [1.29, 1.82) is 0 Å². The van der Waals surface area contributed by atoms with Gasteiger partial charge in [-0.05, 0) is 42.3 Å². The number of anilines is 1. The Kier molecular flexibility index (Phi) is 5.04. The Bertz CT molecular complexity index is 614. The number of halogens is 2. The number of hydrogen-bond acceptors (Lipinski definition) is 1. The molecule has 5 heteroatoms. The van der Waals surface area contributed by atoms with E-state index < -0.39 is 0 Å². The van der Waals surface area contributed by atoms with Crippen LogP contribution in [0.1, 0.15) is 11.1 Å². The predicted octanol–water partition coefficient (Wildman–Crippen LogP) is 4.73. The number of rotatable bonds is 3. The molecular formula is C15H14BrClN2O. The van der Waals surface area contributed by atoms with E-state index in [2.05, 4.69) is 26.6 Å². The molecule has 3 nitrogen and oxygen atoms in total. The number of nitrogens with one attached hydrogen (secondary N) is 2. The van der Waals surface area contributed by atoms with Crippen molar-refractivity contribution in [3.63, 3.8) is 0 Å². The number of urea groups is 1. The minimum Gasteiger partial charge on any atom is -0.334 e. The molecule has 2 aromatic carbocycles. The van der Waals surface area contributed by atoms with Gasteiger partial charge in [0.2, 0.25) is 0 Å². The van der Waals surface area contributed by atoms with Gasteiger partial charge in [0.15, 0.2) is 0 Å². The van der Waals surface area contributed by atoms with Gasteiger partial charge in [-0.25, -0.2) is 4.79 Å². The summed E-state index contributed by atoms with van der Waals surface area (Å²) in [4.78, 5) is 11.8. The van der Waals surface area contributed by atoms with E-state index in [-0.39, 0.29) is 6.03 Å². The number of carbonyl (C=O) groups excluding carboxylic acids is 1. The van der Waals surface area contributed by atoms with Gasteiger partial charge in [0.1, 0.15) is 0 Å². The third-order valence-corrected chi connectivity index (χ3v) is 3.90. The zero-order valence-corrected chi connectivity index (χ0v) is 13.3. The fourth-order valence-electron chi connectivity index (χ4n) is 1.63. The average Bonchev–Trinajstić information content (AvgIpc) is 2.42. The van der Waals surface area contributed by atoms with Crippen LogP contribution < -0.4 is 10.6 Å². The first-order valence-corrected chi connectivity index (χ1v) is 7.27. The minimum absolute atomic E-state index is 0.240. The molecule has 0 aromatic heterocycles.